The van der Waals surface area contributed by atoms with Crippen molar-refractivity contribution in [3.8, 4) is 17.1 Å². The zero-order chi connectivity index (χ0) is 24.6. The normalized spacial score (nSPS) is 17.8. The average Bonchev–Trinajstić information content (AvgIpc) is 3.35. The highest BCUT2D eigenvalue weighted by molar-refractivity contribution is 5.93. The zero-order valence-corrected chi connectivity index (χ0v) is 20.5. The first-order chi connectivity index (χ1) is 17.0. The van der Waals surface area contributed by atoms with E-state index >= 15 is 0 Å². The molecule has 0 unspecified atom stereocenters. The predicted octanol–water partition coefficient (Wildman–Crippen LogP) is 3.56. The van der Waals surface area contributed by atoms with Crippen LogP contribution < -0.4 is 10.1 Å². The first kappa shape index (κ1) is 24.8. The molecule has 35 heavy (non-hydrogen) atoms. The van der Waals surface area contributed by atoms with E-state index in [0.29, 0.717) is 54.3 Å². The van der Waals surface area contributed by atoms with Gasteiger partial charge in [-0.05, 0) is 85.9 Å². The minimum Gasteiger partial charge on any atom is -0.494 e. The van der Waals surface area contributed by atoms with Crippen molar-refractivity contribution < 1.29 is 14.6 Å². The number of aryl methyl sites for hydroxylation is 1. The molecule has 0 spiro atoms. The van der Waals surface area contributed by atoms with Gasteiger partial charge in [0, 0.05) is 24.4 Å². The molecule has 2 N–H and O–H groups in total. The van der Waals surface area contributed by atoms with Gasteiger partial charge in [0.05, 0.1) is 13.2 Å². The summed E-state index contributed by atoms with van der Waals surface area (Å²) in [4.78, 5) is 18.9. The number of nitrogens with one attached hydrogen (secondary N) is 1. The fraction of sp³-hybridized carbons (Fsp3) is 0.500. The van der Waals surface area contributed by atoms with Crippen LogP contribution in [0.3, 0.4) is 0 Å². The van der Waals surface area contributed by atoms with Gasteiger partial charge in [-0.25, -0.2) is 4.98 Å². The molecule has 0 bridgehead atoms. The number of hydrogen-bond acceptors (Lipinski definition) is 7. The Kier molecular flexibility index (Phi) is 8.41. The maximum atomic E-state index is 12.8. The van der Waals surface area contributed by atoms with Crippen molar-refractivity contribution in [2.24, 2.45) is 11.8 Å². The molecule has 0 radical (unpaired) electrons. The van der Waals surface area contributed by atoms with Gasteiger partial charge < -0.3 is 15.2 Å². The van der Waals surface area contributed by atoms with E-state index in [0.717, 1.165) is 43.4 Å². The molecular weight excluding hydrogens is 444 g/mol. The lowest BCUT2D eigenvalue weighted by Crippen LogP contribution is -2.24. The summed E-state index contributed by atoms with van der Waals surface area (Å²) in [6.07, 6.45) is 5.15. The molecule has 9 nitrogen and oxygen atoms in total. The minimum atomic E-state index is -0.261. The number of aromatic nitrogens is 5. The van der Waals surface area contributed by atoms with Crippen LogP contribution >= 0.6 is 0 Å². The highest BCUT2D eigenvalue weighted by atomic mass is 16.5. The molecule has 1 aliphatic carbocycles. The van der Waals surface area contributed by atoms with Crippen molar-refractivity contribution in [2.45, 2.75) is 59.0 Å². The zero-order valence-electron chi connectivity index (χ0n) is 20.5. The largest absolute Gasteiger partial charge is 0.494 e. The van der Waals surface area contributed by atoms with Crippen LogP contribution in [0.15, 0.2) is 36.4 Å². The second-order valence-corrected chi connectivity index (χ2v) is 9.30. The Morgan fingerprint density at radius 3 is 2.74 bits per heavy atom. The van der Waals surface area contributed by atoms with Crippen molar-refractivity contribution in [3.05, 3.63) is 53.3 Å². The Morgan fingerprint density at radius 2 is 1.97 bits per heavy atom. The van der Waals surface area contributed by atoms with Crippen LogP contribution in [-0.2, 0) is 13.1 Å². The molecule has 9 heteroatoms. The standard InChI is InChI=1S/C26H34N6O3/c1-3-11-35-23-6-4-5-21(13-23)15-27-26(34)24-14-22(12-18(2)28-24)25-29-31-32(30-25)16-19-7-9-20(17-33)10-8-19/h4-6,12-14,19-20,33H,3,7-11,15-17H2,1-2H3,(H,27,34). The number of carbonyl (C=O) groups is 1. The fourth-order valence-electron chi connectivity index (χ4n) is 4.42. The molecular formula is C26H34N6O3. The summed E-state index contributed by atoms with van der Waals surface area (Å²) < 4.78 is 5.67. The Bertz CT molecular complexity index is 1120. The van der Waals surface area contributed by atoms with E-state index in [-0.39, 0.29) is 12.5 Å². The first-order valence-electron chi connectivity index (χ1n) is 12.4. The molecule has 2 heterocycles. The topological polar surface area (TPSA) is 115 Å². The van der Waals surface area contributed by atoms with Crippen LogP contribution in [0.1, 0.15) is 60.8 Å². The van der Waals surface area contributed by atoms with Gasteiger partial charge in [-0.3, -0.25) is 4.79 Å². The number of tetrazole rings is 1. The molecule has 4 rings (SSSR count). The van der Waals surface area contributed by atoms with Crippen molar-refractivity contribution in [3.63, 3.8) is 0 Å². The lowest BCUT2D eigenvalue weighted by Gasteiger charge is -2.26. The van der Waals surface area contributed by atoms with Gasteiger partial charge in [-0.1, -0.05) is 19.1 Å². The van der Waals surface area contributed by atoms with Gasteiger partial charge in [0.25, 0.3) is 5.91 Å². The van der Waals surface area contributed by atoms with Gasteiger partial charge in [-0.2, -0.15) is 4.80 Å². The predicted molar refractivity (Wildman–Crippen MR) is 132 cm³/mol. The third kappa shape index (κ3) is 6.85. The van der Waals surface area contributed by atoms with Crippen LogP contribution in [0.4, 0.5) is 0 Å². The molecule has 1 saturated carbocycles. The van der Waals surface area contributed by atoms with Crippen molar-refractivity contribution >= 4 is 5.91 Å². The van der Waals surface area contributed by atoms with E-state index in [9.17, 15) is 9.90 Å². The molecule has 0 aliphatic heterocycles. The molecule has 3 aromatic rings. The van der Waals surface area contributed by atoms with Gasteiger partial charge in [0.1, 0.15) is 11.4 Å². The lowest BCUT2D eigenvalue weighted by atomic mass is 9.82. The lowest BCUT2D eigenvalue weighted by molar-refractivity contribution is 0.0945. The Labute approximate surface area is 205 Å². The number of carbonyl (C=O) groups excluding carboxylic acids is 1. The fourth-order valence-corrected chi connectivity index (χ4v) is 4.42. The van der Waals surface area contributed by atoms with E-state index in [1.54, 1.807) is 10.9 Å². The number of hydrogen-bond donors (Lipinski definition) is 2. The molecule has 1 aromatic carbocycles. The second kappa shape index (κ2) is 11.9. The van der Waals surface area contributed by atoms with Crippen molar-refractivity contribution in [2.75, 3.05) is 13.2 Å². The molecule has 0 atom stereocenters. The van der Waals surface area contributed by atoms with Crippen LogP contribution in [0.2, 0.25) is 0 Å². The van der Waals surface area contributed by atoms with Crippen molar-refractivity contribution in [1.82, 2.24) is 30.5 Å². The molecule has 186 valence electrons. The van der Waals surface area contributed by atoms with Crippen molar-refractivity contribution in [1.29, 1.82) is 0 Å². The number of aliphatic hydroxyl groups excluding tert-OH is 1. The summed E-state index contributed by atoms with van der Waals surface area (Å²) in [6, 6.07) is 11.3. The number of rotatable bonds is 10. The van der Waals surface area contributed by atoms with Gasteiger partial charge in [0.2, 0.25) is 5.82 Å². The maximum absolute atomic E-state index is 12.8. The first-order valence-corrected chi connectivity index (χ1v) is 12.4. The highest BCUT2D eigenvalue weighted by Crippen LogP contribution is 2.29. The Hall–Kier alpha value is -3.33. The summed E-state index contributed by atoms with van der Waals surface area (Å²) in [7, 11) is 0. The van der Waals surface area contributed by atoms with E-state index in [4.69, 9.17) is 4.74 Å². The Balaban J connectivity index is 1.38. The van der Waals surface area contributed by atoms with Crippen LogP contribution in [-0.4, -0.2) is 49.4 Å². The van der Waals surface area contributed by atoms with Gasteiger partial charge in [0.15, 0.2) is 0 Å². The number of nitrogens with zero attached hydrogens (tertiary/aromatic N) is 5. The van der Waals surface area contributed by atoms with Gasteiger partial charge in [-0.15, -0.1) is 10.2 Å². The molecule has 1 amide bonds. The minimum absolute atomic E-state index is 0.261. The van der Waals surface area contributed by atoms with Gasteiger partial charge >= 0.3 is 0 Å². The SMILES string of the molecule is CCCOc1cccc(CNC(=O)c2cc(-c3nnn(CC4CCC(CO)CC4)n3)cc(C)n2)c1. The van der Waals surface area contributed by atoms with E-state index in [1.165, 1.54) is 0 Å². The van der Waals surface area contributed by atoms with Crippen LogP contribution in [0, 0.1) is 18.8 Å². The average molecular weight is 479 g/mol. The third-order valence-corrected chi connectivity index (χ3v) is 6.37. The second-order valence-electron chi connectivity index (χ2n) is 9.30. The maximum Gasteiger partial charge on any atom is 0.270 e. The molecule has 0 saturated heterocycles. The molecule has 1 fully saturated rings. The van der Waals surface area contributed by atoms with E-state index in [2.05, 4.69) is 32.6 Å². The summed E-state index contributed by atoms with van der Waals surface area (Å²) >= 11 is 0. The smallest absolute Gasteiger partial charge is 0.270 e. The van der Waals surface area contributed by atoms with E-state index in [1.807, 2.05) is 37.3 Å². The summed E-state index contributed by atoms with van der Waals surface area (Å²) in [5.74, 6) is 1.93. The number of aliphatic hydroxyl groups is 1. The number of amides is 1. The monoisotopic (exact) mass is 478 g/mol. The number of ether oxygens (including phenoxy) is 1. The quantitative estimate of drug-likeness (QED) is 0.458. The van der Waals surface area contributed by atoms with Crippen LogP contribution in [0.5, 0.6) is 5.75 Å². The highest BCUT2D eigenvalue weighted by Gasteiger charge is 2.22. The molecule has 1 aliphatic rings. The third-order valence-electron chi connectivity index (χ3n) is 6.37. The summed E-state index contributed by atoms with van der Waals surface area (Å²) in [5.41, 5.74) is 2.70. The van der Waals surface area contributed by atoms with E-state index < -0.39 is 0 Å². The Morgan fingerprint density at radius 1 is 1.17 bits per heavy atom. The summed E-state index contributed by atoms with van der Waals surface area (Å²) in [6.45, 7) is 5.93. The van der Waals surface area contributed by atoms with Crippen LogP contribution in [0.25, 0.3) is 11.4 Å². The molecule has 2 aromatic heterocycles. The number of pyridine rings is 1. The number of benzene rings is 1. The summed E-state index contributed by atoms with van der Waals surface area (Å²) in [5, 5.41) is 25.3.